The number of benzene rings is 2. The summed E-state index contributed by atoms with van der Waals surface area (Å²) in [4.78, 5) is 3.09. The van der Waals surface area contributed by atoms with Crippen molar-refractivity contribution in [3.8, 4) is 0 Å². The standard InChI is InChI=1S/C15H14ClFN2OS.C2H6/c1-10-3-6-13(7-4-10)21(20)19-18-15(16)14-8-5-12(17)9-11(14)2;1-2/h3-9,19H,1-2H3;1-2H3/b18-15+;. The van der Waals surface area contributed by atoms with Gasteiger partial charge in [-0.05, 0) is 49.7 Å². The number of hydrazone groups is 1. The normalized spacial score (nSPS) is 12.2. The zero-order valence-corrected chi connectivity index (χ0v) is 15.1. The highest BCUT2D eigenvalue weighted by Crippen LogP contribution is 2.13. The molecule has 0 spiro atoms. The van der Waals surface area contributed by atoms with Crippen LogP contribution in [0.5, 0.6) is 0 Å². The number of aryl methyl sites for hydroxylation is 2. The van der Waals surface area contributed by atoms with E-state index >= 15 is 0 Å². The number of nitrogens with zero attached hydrogens (tertiary/aromatic N) is 1. The molecule has 0 radical (unpaired) electrons. The molecule has 6 heteroatoms. The van der Waals surface area contributed by atoms with Gasteiger partial charge in [0.05, 0.1) is 4.90 Å². The molecule has 0 aliphatic carbocycles. The first-order chi connectivity index (χ1) is 11.0. The first-order valence-corrected chi connectivity index (χ1v) is 8.74. The maximum Gasteiger partial charge on any atom is 0.166 e. The minimum absolute atomic E-state index is 0.132. The molecule has 0 aliphatic heterocycles. The highest BCUT2D eigenvalue weighted by molar-refractivity contribution is 7.83. The van der Waals surface area contributed by atoms with E-state index in [-0.39, 0.29) is 11.0 Å². The third kappa shape index (κ3) is 5.77. The summed E-state index contributed by atoms with van der Waals surface area (Å²) in [7, 11) is -1.49. The van der Waals surface area contributed by atoms with Gasteiger partial charge in [0.25, 0.3) is 0 Å². The largest absolute Gasteiger partial charge is 0.230 e. The van der Waals surface area contributed by atoms with E-state index in [1.165, 1.54) is 18.2 Å². The molecule has 1 atom stereocenters. The van der Waals surface area contributed by atoms with E-state index < -0.39 is 11.0 Å². The third-order valence-electron chi connectivity index (χ3n) is 2.87. The Labute approximate surface area is 144 Å². The summed E-state index contributed by atoms with van der Waals surface area (Å²) in [5.41, 5.74) is 2.33. The van der Waals surface area contributed by atoms with Crippen LogP contribution in [0, 0.1) is 19.7 Å². The molecule has 0 aromatic heterocycles. The van der Waals surface area contributed by atoms with Crippen LogP contribution in [-0.2, 0) is 11.0 Å². The predicted octanol–water partition coefficient (Wildman–Crippen LogP) is 4.68. The van der Waals surface area contributed by atoms with Crippen LogP contribution in [-0.4, -0.2) is 9.38 Å². The molecule has 3 nitrogen and oxygen atoms in total. The van der Waals surface area contributed by atoms with E-state index in [0.717, 1.165) is 5.56 Å². The molecule has 1 N–H and O–H groups in total. The smallest absolute Gasteiger partial charge is 0.166 e. The highest BCUT2D eigenvalue weighted by atomic mass is 35.5. The number of halogens is 2. The summed E-state index contributed by atoms with van der Waals surface area (Å²) < 4.78 is 25.0. The van der Waals surface area contributed by atoms with Crippen molar-refractivity contribution in [3.05, 3.63) is 65.0 Å². The molecule has 0 heterocycles. The molecule has 2 rings (SSSR count). The molecular formula is C17H20ClFN2OS. The summed E-state index contributed by atoms with van der Waals surface area (Å²) >= 11 is 6.05. The Morgan fingerprint density at radius 3 is 2.30 bits per heavy atom. The average Bonchev–Trinajstić information content (AvgIpc) is 2.55. The first-order valence-electron chi connectivity index (χ1n) is 7.21. The average molecular weight is 355 g/mol. The van der Waals surface area contributed by atoms with Gasteiger partial charge in [-0.25, -0.2) is 13.4 Å². The first kappa shape index (κ1) is 19.3. The Balaban J connectivity index is 0.00000127. The van der Waals surface area contributed by atoms with Crippen molar-refractivity contribution >= 4 is 27.8 Å². The lowest BCUT2D eigenvalue weighted by molar-refractivity contribution is 0.626. The molecule has 0 aliphatic rings. The molecule has 0 saturated heterocycles. The monoisotopic (exact) mass is 354 g/mol. The van der Waals surface area contributed by atoms with Gasteiger partial charge in [-0.15, -0.1) is 0 Å². The Kier molecular flexibility index (Phi) is 7.92. The van der Waals surface area contributed by atoms with E-state index in [4.69, 9.17) is 11.6 Å². The van der Waals surface area contributed by atoms with Gasteiger partial charge >= 0.3 is 0 Å². The lowest BCUT2D eigenvalue weighted by Crippen LogP contribution is -2.13. The molecular weight excluding hydrogens is 335 g/mol. The van der Waals surface area contributed by atoms with Crippen molar-refractivity contribution in [1.82, 2.24) is 4.83 Å². The quantitative estimate of drug-likeness (QED) is 0.628. The minimum atomic E-state index is -1.49. The Hall–Kier alpha value is -1.72. The van der Waals surface area contributed by atoms with Crippen LogP contribution in [0.4, 0.5) is 4.39 Å². The van der Waals surface area contributed by atoms with Crippen molar-refractivity contribution in [2.24, 2.45) is 5.10 Å². The molecule has 0 saturated carbocycles. The third-order valence-corrected chi connectivity index (χ3v) is 4.12. The van der Waals surface area contributed by atoms with E-state index in [1.54, 1.807) is 19.1 Å². The topological polar surface area (TPSA) is 41.5 Å². The number of hydrogen-bond donors (Lipinski definition) is 1. The lowest BCUT2D eigenvalue weighted by atomic mass is 10.1. The Bertz CT molecular complexity index is 702. The fraction of sp³-hybridized carbons (Fsp3) is 0.235. The van der Waals surface area contributed by atoms with E-state index in [0.29, 0.717) is 16.0 Å². The van der Waals surface area contributed by atoms with E-state index in [2.05, 4.69) is 9.93 Å². The summed E-state index contributed by atoms with van der Waals surface area (Å²) in [5, 5.41) is 4.03. The van der Waals surface area contributed by atoms with Gasteiger partial charge in [0.15, 0.2) is 16.2 Å². The van der Waals surface area contributed by atoms with E-state index in [1.807, 2.05) is 32.9 Å². The maximum atomic E-state index is 13.0. The second-order valence-electron chi connectivity index (χ2n) is 4.53. The molecule has 23 heavy (non-hydrogen) atoms. The second kappa shape index (κ2) is 9.43. The molecule has 124 valence electrons. The SMILES string of the molecule is CC.Cc1ccc(S(=O)N/N=C(/Cl)c2ccc(F)cc2C)cc1. The van der Waals surface area contributed by atoms with Gasteiger partial charge in [-0.2, -0.15) is 5.10 Å². The predicted molar refractivity (Wildman–Crippen MR) is 95.6 cm³/mol. The Morgan fingerprint density at radius 1 is 1.13 bits per heavy atom. The molecule has 2 aromatic rings. The fourth-order valence-corrected chi connectivity index (χ4v) is 2.68. The van der Waals surface area contributed by atoms with Crippen molar-refractivity contribution < 1.29 is 8.60 Å². The molecule has 0 amide bonds. The van der Waals surface area contributed by atoms with Gasteiger partial charge in [-0.1, -0.05) is 43.1 Å². The zero-order chi connectivity index (χ0) is 17.4. The number of rotatable bonds is 4. The van der Waals surface area contributed by atoms with Crippen LogP contribution < -0.4 is 4.83 Å². The maximum absolute atomic E-state index is 13.0. The molecule has 0 fully saturated rings. The van der Waals surface area contributed by atoms with Gasteiger partial charge in [-0.3, -0.25) is 0 Å². The van der Waals surface area contributed by atoms with Gasteiger partial charge in [0, 0.05) is 5.56 Å². The van der Waals surface area contributed by atoms with E-state index in [9.17, 15) is 8.60 Å². The van der Waals surface area contributed by atoms with Crippen LogP contribution in [0.2, 0.25) is 0 Å². The Morgan fingerprint density at radius 2 is 1.74 bits per heavy atom. The minimum Gasteiger partial charge on any atom is -0.230 e. The lowest BCUT2D eigenvalue weighted by Gasteiger charge is -2.05. The summed E-state index contributed by atoms with van der Waals surface area (Å²) in [6, 6.07) is 11.4. The van der Waals surface area contributed by atoms with Crippen LogP contribution in [0.3, 0.4) is 0 Å². The van der Waals surface area contributed by atoms with Gasteiger partial charge in [0.2, 0.25) is 0 Å². The van der Waals surface area contributed by atoms with Crippen molar-refractivity contribution in [2.45, 2.75) is 32.6 Å². The van der Waals surface area contributed by atoms with Crippen LogP contribution in [0.15, 0.2) is 52.5 Å². The fourth-order valence-electron chi connectivity index (χ4n) is 1.71. The highest BCUT2D eigenvalue weighted by Gasteiger charge is 2.07. The second-order valence-corrected chi connectivity index (χ2v) is 6.08. The molecule has 0 bridgehead atoms. The summed E-state index contributed by atoms with van der Waals surface area (Å²) in [6.45, 7) is 7.68. The molecule has 2 aromatic carbocycles. The van der Waals surface area contributed by atoms with Crippen molar-refractivity contribution in [2.75, 3.05) is 0 Å². The number of nitrogens with one attached hydrogen (secondary N) is 1. The van der Waals surface area contributed by atoms with Crippen LogP contribution in [0.25, 0.3) is 0 Å². The van der Waals surface area contributed by atoms with Crippen LogP contribution >= 0.6 is 11.6 Å². The van der Waals surface area contributed by atoms with Crippen molar-refractivity contribution in [3.63, 3.8) is 0 Å². The van der Waals surface area contributed by atoms with Crippen molar-refractivity contribution in [1.29, 1.82) is 0 Å². The van der Waals surface area contributed by atoms with Gasteiger partial charge < -0.3 is 0 Å². The van der Waals surface area contributed by atoms with Gasteiger partial charge in [0.1, 0.15) is 5.82 Å². The molecule has 1 unspecified atom stereocenters. The summed E-state index contributed by atoms with van der Waals surface area (Å²) in [5.74, 6) is -0.336. The van der Waals surface area contributed by atoms with Crippen LogP contribution in [0.1, 0.15) is 30.5 Å². The number of hydrogen-bond acceptors (Lipinski definition) is 2. The zero-order valence-electron chi connectivity index (χ0n) is 13.6. The summed E-state index contributed by atoms with van der Waals surface area (Å²) in [6.07, 6.45) is 0.